The number of hydrogen-bond acceptors (Lipinski definition) is 7. The second kappa shape index (κ2) is 10.0. The van der Waals surface area contributed by atoms with Gasteiger partial charge in [0.15, 0.2) is 0 Å². The highest BCUT2D eigenvalue weighted by Gasteiger charge is 2.42. The number of morpholine rings is 1. The number of anilines is 1. The molecule has 5 rings (SSSR count). The van der Waals surface area contributed by atoms with Crippen molar-refractivity contribution in [3.63, 3.8) is 0 Å². The van der Waals surface area contributed by atoms with E-state index in [1.807, 2.05) is 0 Å². The van der Waals surface area contributed by atoms with Crippen molar-refractivity contribution in [3.05, 3.63) is 45.8 Å². The molecule has 0 radical (unpaired) electrons. The Hall–Kier alpha value is -2.31. The number of thiophene rings is 1. The molecule has 206 valence electrons. The van der Waals surface area contributed by atoms with E-state index in [1.165, 1.54) is 39.9 Å². The van der Waals surface area contributed by atoms with Gasteiger partial charge in [0.2, 0.25) is 10.0 Å². The molecule has 1 aromatic heterocycles. The lowest BCUT2D eigenvalue weighted by molar-refractivity contribution is 0.0302. The Morgan fingerprint density at radius 3 is 2.26 bits per heavy atom. The fraction of sp³-hybridized carbons (Fsp3) is 0.556. The first kappa shape index (κ1) is 27.3. The second-order valence-electron chi connectivity index (χ2n) is 11.4. The Labute approximate surface area is 228 Å². The van der Waals surface area contributed by atoms with Gasteiger partial charge in [0.1, 0.15) is 5.00 Å². The van der Waals surface area contributed by atoms with E-state index in [2.05, 4.69) is 38.3 Å². The lowest BCUT2D eigenvalue weighted by Crippen LogP contribution is -2.55. The van der Waals surface area contributed by atoms with Gasteiger partial charge in [0.05, 0.1) is 23.7 Å². The van der Waals surface area contributed by atoms with Gasteiger partial charge in [-0.05, 0) is 76.8 Å². The van der Waals surface area contributed by atoms with Gasteiger partial charge in [-0.1, -0.05) is 0 Å². The van der Waals surface area contributed by atoms with Crippen LogP contribution >= 0.6 is 11.3 Å². The molecule has 4 heterocycles. The average molecular weight is 561 g/mol. The van der Waals surface area contributed by atoms with E-state index in [0.717, 1.165) is 23.3 Å². The smallest absolute Gasteiger partial charge is 0.257 e. The molecule has 0 atom stereocenters. The number of sulfonamides is 1. The fourth-order valence-electron chi connectivity index (χ4n) is 5.80. The van der Waals surface area contributed by atoms with Crippen molar-refractivity contribution in [1.82, 2.24) is 14.5 Å². The molecule has 2 fully saturated rings. The maximum Gasteiger partial charge on any atom is 0.257 e. The van der Waals surface area contributed by atoms with E-state index in [1.54, 1.807) is 4.90 Å². The predicted octanol–water partition coefficient (Wildman–Crippen LogP) is 3.42. The summed E-state index contributed by atoms with van der Waals surface area (Å²) >= 11 is 1.43. The van der Waals surface area contributed by atoms with Crippen LogP contribution in [0.15, 0.2) is 29.2 Å². The van der Waals surface area contributed by atoms with Crippen LogP contribution in [0.25, 0.3) is 0 Å². The van der Waals surface area contributed by atoms with E-state index in [9.17, 15) is 18.0 Å². The maximum absolute atomic E-state index is 13.8. The summed E-state index contributed by atoms with van der Waals surface area (Å²) in [6.45, 7) is 11.5. The molecular weight excluding hydrogens is 524 g/mol. The SMILES string of the molecule is CC1(C)Cc2c(sc(NC(=O)c3ccc(S(=O)(=O)N4CCCC4)cc3)c2C(=O)N2CCOCC2)C(C)(C)N1. The van der Waals surface area contributed by atoms with Gasteiger partial charge in [-0.15, -0.1) is 11.3 Å². The Morgan fingerprint density at radius 1 is 1.00 bits per heavy atom. The van der Waals surface area contributed by atoms with Gasteiger partial charge in [-0.2, -0.15) is 4.31 Å². The van der Waals surface area contributed by atoms with E-state index in [-0.39, 0.29) is 27.8 Å². The summed E-state index contributed by atoms with van der Waals surface area (Å²) < 4.78 is 32.7. The van der Waals surface area contributed by atoms with Crippen LogP contribution in [0.3, 0.4) is 0 Å². The number of nitrogens with one attached hydrogen (secondary N) is 2. The largest absolute Gasteiger partial charge is 0.378 e. The molecule has 2 N–H and O–H groups in total. The van der Waals surface area contributed by atoms with Crippen LogP contribution in [0, 0.1) is 0 Å². The summed E-state index contributed by atoms with van der Waals surface area (Å²) in [5.74, 6) is -0.476. The Balaban J connectivity index is 1.46. The topological polar surface area (TPSA) is 108 Å². The second-order valence-corrected chi connectivity index (χ2v) is 14.4. The lowest BCUT2D eigenvalue weighted by Gasteiger charge is -2.42. The highest BCUT2D eigenvalue weighted by atomic mass is 32.2. The summed E-state index contributed by atoms with van der Waals surface area (Å²) in [7, 11) is -3.56. The zero-order valence-corrected chi connectivity index (χ0v) is 24.1. The molecule has 2 aromatic rings. The summed E-state index contributed by atoms with van der Waals surface area (Å²) in [6, 6.07) is 6.03. The van der Waals surface area contributed by atoms with Crippen LogP contribution in [0.1, 0.15) is 71.7 Å². The molecule has 0 unspecified atom stereocenters. The quantitative estimate of drug-likeness (QED) is 0.580. The van der Waals surface area contributed by atoms with Crippen molar-refractivity contribution in [2.45, 2.75) is 62.9 Å². The number of nitrogens with zero attached hydrogens (tertiary/aromatic N) is 2. The van der Waals surface area contributed by atoms with Gasteiger partial charge < -0.3 is 20.3 Å². The lowest BCUT2D eigenvalue weighted by atomic mass is 9.81. The summed E-state index contributed by atoms with van der Waals surface area (Å²) in [5, 5.41) is 7.19. The van der Waals surface area contributed by atoms with E-state index in [4.69, 9.17) is 4.74 Å². The average Bonchev–Trinajstić information content (AvgIpc) is 3.53. The zero-order chi connectivity index (χ0) is 27.3. The molecule has 9 nitrogen and oxygen atoms in total. The Kier molecular flexibility index (Phi) is 7.19. The van der Waals surface area contributed by atoms with Crippen LogP contribution < -0.4 is 10.6 Å². The number of rotatable bonds is 5. The van der Waals surface area contributed by atoms with E-state index < -0.39 is 10.0 Å². The number of benzene rings is 1. The minimum atomic E-state index is -3.56. The summed E-state index contributed by atoms with van der Waals surface area (Å²) in [6.07, 6.45) is 2.38. The third kappa shape index (κ3) is 5.14. The number of amides is 2. The van der Waals surface area contributed by atoms with E-state index in [0.29, 0.717) is 61.9 Å². The molecule has 2 saturated heterocycles. The first-order chi connectivity index (χ1) is 17.9. The molecule has 0 bridgehead atoms. The minimum absolute atomic E-state index is 0.0957. The Bertz CT molecular complexity index is 1340. The van der Waals surface area contributed by atoms with Crippen molar-refractivity contribution in [1.29, 1.82) is 0 Å². The summed E-state index contributed by atoms with van der Waals surface area (Å²) in [4.78, 5) is 30.2. The molecule has 1 aromatic carbocycles. The van der Waals surface area contributed by atoms with Gasteiger partial charge in [-0.3, -0.25) is 9.59 Å². The molecular formula is C27H36N4O5S2. The van der Waals surface area contributed by atoms with Crippen LogP contribution in [0.2, 0.25) is 0 Å². The molecule has 3 aliphatic rings. The molecule has 38 heavy (non-hydrogen) atoms. The molecule has 2 amide bonds. The van der Waals surface area contributed by atoms with Crippen molar-refractivity contribution in [3.8, 4) is 0 Å². The third-order valence-corrected chi connectivity index (χ3v) is 10.8. The molecule has 0 saturated carbocycles. The number of carbonyl (C=O) groups excluding carboxylic acids is 2. The van der Waals surface area contributed by atoms with Crippen LogP contribution in [-0.2, 0) is 26.7 Å². The van der Waals surface area contributed by atoms with Crippen molar-refractivity contribution >= 4 is 38.2 Å². The number of ether oxygens (including phenoxy) is 1. The first-order valence-corrected chi connectivity index (χ1v) is 15.4. The normalized spacial score (nSPS) is 21.2. The van der Waals surface area contributed by atoms with Gasteiger partial charge in [0, 0.05) is 47.7 Å². The maximum atomic E-state index is 13.8. The van der Waals surface area contributed by atoms with Gasteiger partial charge in [0.25, 0.3) is 11.8 Å². The van der Waals surface area contributed by atoms with Crippen LogP contribution in [-0.4, -0.2) is 74.4 Å². The van der Waals surface area contributed by atoms with E-state index >= 15 is 0 Å². The minimum Gasteiger partial charge on any atom is -0.378 e. The molecule has 0 spiro atoms. The van der Waals surface area contributed by atoms with Gasteiger partial charge in [-0.25, -0.2) is 8.42 Å². The van der Waals surface area contributed by atoms with Crippen LogP contribution in [0.5, 0.6) is 0 Å². The third-order valence-electron chi connectivity index (χ3n) is 7.40. The van der Waals surface area contributed by atoms with Crippen LogP contribution in [0.4, 0.5) is 5.00 Å². The van der Waals surface area contributed by atoms with Gasteiger partial charge >= 0.3 is 0 Å². The number of hydrogen-bond donors (Lipinski definition) is 2. The number of carbonyl (C=O) groups is 2. The highest BCUT2D eigenvalue weighted by molar-refractivity contribution is 7.89. The monoisotopic (exact) mass is 560 g/mol. The molecule has 3 aliphatic heterocycles. The molecule has 0 aliphatic carbocycles. The number of fused-ring (bicyclic) bond motifs is 1. The van der Waals surface area contributed by atoms with Crippen molar-refractivity contribution < 1.29 is 22.7 Å². The predicted molar refractivity (Wildman–Crippen MR) is 147 cm³/mol. The Morgan fingerprint density at radius 2 is 1.63 bits per heavy atom. The standard InChI is InChI=1S/C27H36N4O5S2/c1-26(2)17-20-21(25(33)30-13-15-36-16-14-30)24(37-22(20)27(3,4)29-26)28-23(32)18-7-9-19(10-8-18)38(34,35)31-11-5-6-12-31/h7-10,29H,5-6,11-17H2,1-4H3,(H,28,32). The highest BCUT2D eigenvalue weighted by Crippen LogP contribution is 2.45. The zero-order valence-electron chi connectivity index (χ0n) is 22.4. The molecule has 11 heteroatoms. The fourth-order valence-corrected chi connectivity index (χ4v) is 8.58. The first-order valence-electron chi connectivity index (χ1n) is 13.1. The van der Waals surface area contributed by atoms with Crippen molar-refractivity contribution in [2.24, 2.45) is 0 Å². The van der Waals surface area contributed by atoms with Crippen molar-refractivity contribution in [2.75, 3.05) is 44.7 Å². The summed E-state index contributed by atoms with van der Waals surface area (Å²) in [5.41, 5.74) is 1.25.